The van der Waals surface area contributed by atoms with E-state index in [2.05, 4.69) is 10.2 Å². The average molecular weight is 527 g/mol. The minimum Gasteiger partial charge on any atom is -0.378 e. The predicted octanol–water partition coefficient (Wildman–Crippen LogP) is 2.76. The van der Waals surface area contributed by atoms with Crippen molar-refractivity contribution in [3.8, 4) is 0 Å². The zero-order valence-corrected chi connectivity index (χ0v) is 21.8. The molecule has 202 valence electrons. The maximum Gasteiger partial charge on any atom is 0.259 e. The monoisotopic (exact) mass is 526 g/mol. The van der Waals surface area contributed by atoms with Crippen LogP contribution in [0.3, 0.4) is 0 Å². The summed E-state index contributed by atoms with van der Waals surface area (Å²) in [7, 11) is 3.99. The molecule has 2 aliphatic rings. The molecule has 38 heavy (non-hydrogen) atoms. The highest BCUT2D eigenvalue weighted by Gasteiger charge is 2.29. The summed E-state index contributed by atoms with van der Waals surface area (Å²) in [6, 6.07) is 6.58. The SMILES string of the molecule is CC(Nc1ccc(F)c(F)c1)c1cc(C(=O)N2CC[C@@H](N(C)C)C2)cn2c(=O)cc(N3CCOCC3)nc12. The van der Waals surface area contributed by atoms with Gasteiger partial charge >= 0.3 is 0 Å². The summed E-state index contributed by atoms with van der Waals surface area (Å²) in [5.41, 5.74) is 1.42. The summed E-state index contributed by atoms with van der Waals surface area (Å²) in [5, 5.41) is 3.17. The number of anilines is 2. The highest BCUT2D eigenvalue weighted by molar-refractivity contribution is 5.95. The topological polar surface area (TPSA) is 82.4 Å². The molecular weight excluding hydrogens is 494 g/mol. The van der Waals surface area contributed by atoms with Gasteiger partial charge in [-0.15, -0.1) is 0 Å². The first-order chi connectivity index (χ1) is 18.2. The summed E-state index contributed by atoms with van der Waals surface area (Å²) in [6.07, 6.45) is 2.42. The van der Waals surface area contributed by atoms with Crippen LogP contribution in [0.5, 0.6) is 0 Å². The van der Waals surface area contributed by atoms with E-state index in [0.29, 0.717) is 67.7 Å². The molecule has 0 spiro atoms. The Balaban J connectivity index is 1.57. The van der Waals surface area contributed by atoms with E-state index in [1.807, 2.05) is 25.9 Å². The van der Waals surface area contributed by atoms with Crippen molar-refractivity contribution < 1.29 is 18.3 Å². The summed E-state index contributed by atoms with van der Waals surface area (Å²) in [5.74, 6) is -1.54. The lowest BCUT2D eigenvalue weighted by Gasteiger charge is -2.28. The van der Waals surface area contributed by atoms with Crippen LogP contribution >= 0.6 is 0 Å². The Bertz CT molecular complexity index is 1410. The quantitative estimate of drug-likeness (QED) is 0.529. The van der Waals surface area contributed by atoms with E-state index in [0.717, 1.165) is 18.6 Å². The number of ether oxygens (including phenoxy) is 1. The van der Waals surface area contributed by atoms with Crippen LogP contribution in [0.1, 0.15) is 35.3 Å². The van der Waals surface area contributed by atoms with E-state index in [1.54, 1.807) is 17.2 Å². The molecule has 4 heterocycles. The second-order valence-corrected chi connectivity index (χ2v) is 10.1. The fraction of sp³-hybridized carbons (Fsp3) is 0.444. The smallest absolute Gasteiger partial charge is 0.259 e. The number of rotatable bonds is 6. The molecule has 2 fully saturated rings. The fourth-order valence-electron chi connectivity index (χ4n) is 5.05. The fourth-order valence-corrected chi connectivity index (χ4v) is 5.05. The van der Waals surface area contributed by atoms with Crippen LogP contribution in [0.15, 0.2) is 41.3 Å². The maximum absolute atomic E-state index is 13.9. The van der Waals surface area contributed by atoms with Gasteiger partial charge in [-0.25, -0.2) is 13.8 Å². The number of benzene rings is 1. The molecule has 1 aromatic carbocycles. The number of halogens is 2. The Labute approximate surface area is 219 Å². The van der Waals surface area contributed by atoms with E-state index in [4.69, 9.17) is 9.72 Å². The zero-order valence-electron chi connectivity index (χ0n) is 21.8. The maximum atomic E-state index is 13.9. The second kappa shape index (κ2) is 10.7. The molecule has 1 amide bonds. The van der Waals surface area contributed by atoms with Crippen LogP contribution in [0.4, 0.5) is 20.3 Å². The number of fused-ring (bicyclic) bond motifs is 1. The highest BCUT2D eigenvalue weighted by Crippen LogP contribution is 2.27. The zero-order chi connectivity index (χ0) is 27.0. The van der Waals surface area contributed by atoms with Crippen LogP contribution in [-0.4, -0.2) is 84.6 Å². The Morgan fingerprint density at radius 1 is 1.13 bits per heavy atom. The van der Waals surface area contributed by atoms with E-state index in [1.165, 1.54) is 16.5 Å². The first kappa shape index (κ1) is 26.1. The first-order valence-corrected chi connectivity index (χ1v) is 12.8. The van der Waals surface area contributed by atoms with Crippen molar-refractivity contribution in [3.63, 3.8) is 0 Å². The number of nitrogens with zero attached hydrogens (tertiary/aromatic N) is 5. The molecule has 2 atom stereocenters. The third-order valence-corrected chi connectivity index (χ3v) is 7.31. The van der Waals surface area contributed by atoms with E-state index >= 15 is 0 Å². The number of pyridine rings is 1. The number of hydrogen-bond donors (Lipinski definition) is 1. The van der Waals surface area contributed by atoms with Gasteiger partial charge in [-0.2, -0.15) is 0 Å². The molecular formula is C27H32F2N6O3. The number of nitrogens with one attached hydrogen (secondary N) is 1. The summed E-state index contributed by atoms with van der Waals surface area (Å²) < 4.78 is 34.2. The van der Waals surface area contributed by atoms with Gasteiger partial charge < -0.3 is 24.8 Å². The molecule has 0 radical (unpaired) electrons. The van der Waals surface area contributed by atoms with Gasteiger partial charge in [0, 0.05) is 61.8 Å². The van der Waals surface area contributed by atoms with Crippen LogP contribution < -0.4 is 15.8 Å². The van der Waals surface area contributed by atoms with E-state index in [9.17, 15) is 18.4 Å². The van der Waals surface area contributed by atoms with Gasteiger partial charge in [0.25, 0.3) is 11.5 Å². The molecule has 1 unspecified atom stereocenters. The molecule has 2 saturated heterocycles. The summed E-state index contributed by atoms with van der Waals surface area (Å²) in [4.78, 5) is 37.6. The number of hydrogen-bond acceptors (Lipinski definition) is 7. The Morgan fingerprint density at radius 2 is 1.89 bits per heavy atom. The van der Waals surface area contributed by atoms with Crippen LogP contribution in [0.25, 0.3) is 5.65 Å². The Kier molecular flexibility index (Phi) is 7.31. The first-order valence-electron chi connectivity index (χ1n) is 12.8. The van der Waals surface area contributed by atoms with E-state index < -0.39 is 17.7 Å². The van der Waals surface area contributed by atoms with Crippen LogP contribution in [-0.2, 0) is 4.74 Å². The van der Waals surface area contributed by atoms with Crippen LogP contribution in [0.2, 0.25) is 0 Å². The highest BCUT2D eigenvalue weighted by atomic mass is 19.2. The second-order valence-electron chi connectivity index (χ2n) is 10.1. The normalized spacial score (nSPS) is 18.8. The molecule has 3 aromatic rings. The van der Waals surface area contributed by atoms with Gasteiger partial charge in [0.15, 0.2) is 11.6 Å². The number of morpholine rings is 1. The molecule has 2 aromatic heterocycles. The van der Waals surface area contributed by atoms with Crippen molar-refractivity contribution in [1.82, 2.24) is 19.2 Å². The lowest BCUT2D eigenvalue weighted by atomic mass is 10.1. The molecule has 2 aliphatic heterocycles. The lowest BCUT2D eigenvalue weighted by molar-refractivity contribution is 0.0782. The van der Waals surface area contributed by atoms with Gasteiger partial charge in [0.05, 0.1) is 24.8 Å². The molecule has 0 bridgehead atoms. The van der Waals surface area contributed by atoms with Crippen LogP contribution in [0, 0.1) is 11.6 Å². The third-order valence-electron chi connectivity index (χ3n) is 7.31. The lowest BCUT2D eigenvalue weighted by Crippen LogP contribution is -2.38. The molecule has 5 rings (SSSR count). The minimum absolute atomic E-state index is 0.165. The van der Waals surface area contributed by atoms with Crippen molar-refractivity contribution >= 4 is 23.1 Å². The van der Waals surface area contributed by atoms with E-state index in [-0.39, 0.29) is 17.5 Å². The predicted molar refractivity (Wildman–Crippen MR) is 141 cm³/mol. The number of amides is 1. The summed E-state index contributed by atoms with van der Waals surface area (Å²) >= 11 is 0. The molecule has 0 aliphatic carbocycles. The molecule has 11 heteroatoms. The van der Waals surface area contributed by atoms with Gasteiger partial charge in [-0.05, 0) is 45.6 Å². The van der Waals surface area contributed by atoms with Crippen molar-refractivity contribution in [2.45, 2.75) is 25.4 Å². The standard InChI is InChI=1S/C27H32F2N6O3/c1-17(30-19-4-5-22(28)23(29)13-19)21-12-18(27(37)34-7-6-20(16-34)32(2)3)15-35-25(36)14-24(31-26(21)35)33-8-10-38-11-9-33/h4-5,12-15,17,20,30H,6-11,16H2,1-3H3/t17?,20-/m1/s1. The largest absolute Gasteiger partial charge is 0.378 e. The van der Waals surface area contributed by atoms with Crippen molar-refractivity contribution in [1.29, 1.82) is 0 Å². The van der Waals surface area contributed by atoms with Gasteiger partial charge in [0.1, 0.15) is 11.5 Å². The number of likely N-dealkylation sites (N-methyl/N-ethyl adjacent to an activating group) is 1. The van der Waals surface area contributed by atoms with Crippen molar-refractivity contribution in [2.75, 3.05) is 63.7 Å². The van der Waals surface area contributed by atoms with Gasteiger partial charge in [-0.1, -0.05) is 0 Å². The van der Waals surface area contributed by atoms with Crippen molar-refractivity contribution in [3.05, 3.63) is 69.6 Å². The number of carbonyl (C=O) groups excluding carboxylic acids is 1. The third kappa shape index (κ3) is 5.21. The molecule has 1 N–H and O–H groups in total. The van der Waals surface area contributed by atoms with Gasteiger partial charge in [-0.3, -0.25) is 14.0 Å². The molecule has 0 saturated carbocycles. The number of carbonyl (C=O) groups is 1. The average Bonchev–Trinajstić information content (AvgIpc) is 3.41. The molecule has 9 nitrogen and oxygen atoms in total. The van der Waals surface area contributed by atoms with Gasteiger partial charge in [0.2, 0.25) is 0 Å². The minimum atomic E-state index is -0.968. The Morgan fingerprint density at radius 3 is 2.58 bits per heavy atom. The summed E-state index contributed by atoms with van der Waals surface area (Å²) in [6.45, 7) is 5.36. The van der Waals surface area contributed by atoms with Crippen molar-refractivity contribution in [2.24, 2.45) is 0 Å². The number of likely N-dealkylation sites (tertiary alicyclic amines) is 1. The Hall–Kier alpha value is -3.57. The number of aromatic nitrogens is 2.